The number of aliphatic hydroxyl groups excluding tert-OH is 2. The third kappa shape index (κ3) is 7.51. The van der Waals surface area contributed by atoms with Gasteiger partial charge in [0.05, 0.1) is 18.1 Å². The van der Waals surface area contributed by atoms with E-state index < -0.39 is 44.1 Å². The average molecular weight is 629 g/mol. The Balaban J connectivity index is 1.23. The summed E-state index contributed by atoms with van der Waals surface area (Å²) >= 11 is 0. The van der Waals surface area contributed by atoms with Crippen LogP contribution in [-0.4, -0.2) is 74.5 Å². The Bertz CT molecular complexity index is 1070. The van der Waals surface area contributed by atoms with Crippen LogP contribution < -0.4 is 0 Å². The molecule has 246 valence electrons. The first-order valence-electron chi connectivity index (χ1n) is 16.1. The molecule has 4 fully saturated rings. The minimum atomic E-state index is -3.55. The van der Waals surface area contributed by atoms with Gasteiger partial charge in [0, 0.05) is 19.0 Å². The highest BCUT2D eigenvalue weighted by Gasteiger charge is 2.63. The van der Waals surface area contributed by atoms with E-state index in [0.717, 1.165) is 44.9 Å². The first-order chi connectivity index (χ1) is 20.1. The topological polar surface area (TPSA) is 171 Å². The number of aliphatic carboxylic acids is 1. The SMILES string of the molecule is C=P(O)(O)CC(CCC(=O)OCOC(=O)CC[C@@H](C)C1CCC2C3CC[C@@H]4C[C@H](O)CC[C@]4(C)C3C[C@H](O)[C@@]21C)C(=O)O. The van der Waals surface area contributed by atoms with E-state index in [1.54, 1.807) is 0 Å². The van der Waals surface area contributed by atoms with Gasteiger partial charge in [-0.05, 0) is 111 Å². The Hall–Kier alpha value is -1.45. The van der Waals surface area contributed by atoms with Gasteiger partial charge in [0.1, 0.15) is 7.34 Å². The van der Waals surface area contributed by atoms with E-state index in [0.29, 0.717) is 36.0 Å². The molecule has 4 saturated carbocycles. The second kappa shape index (κ2) is 13.5. The Morgan fingerprint density at radius 3 is 2.21 bits per heavy atom. The number of esters is 2. The van der Waals surface area contributed by atoms with Gasteiger partial charge in [-0.2, -0.15) is 0 Å². The van der Waals surface area contributed by atoms with Crippen LogP contribution >= 0.6 is 7.34 Å². The molecule has 0 amide bonds. The standard InChI is InChI=1S/C32H53O10P/c1-19(5-11-28(35)41-18-42-29(36)12-6-20(30(37)38)17-43(4,39)40)24-9-10-25-23-8-7-21-15-22(33)13-14-31(21,2)26(23)16-27(34)32(24,25)3/h19-27,33-34,39-40H,4-18H2,1-3H3,(H,37,38)/t19-,20?,21-,22-,23?,24?,25?,26?,27+,31+,32-/m1/s1. The zero-order chi connectivity index (χ0) is 31.7. The molecule has 0 aromatic rings. The summed E-state index contributed by atoms with van der Waals surface area (Å²) in [5.41, 5.74) is 0.00503. The van der Waals surface area contributed by atoms with E-state index in [1.165, 1.54) is 6.42 Å². The molecule has 10 nitrogen and oxygen atoms in total. The predicted molar refractivity (Wildman–Crippen MR) is 162 cm³/mol. The maximum Gasteiger partial charge on any atom is 0.308 e. The van der Waals surface area contributed by atoms with Crippen LogP contribution in [0.5, 0.6) is 0 Å². The predicted octanol–water partition coefficient (Wildman–Crippen LogP) is 4.18. The summed E-state index contributed by atoms with van der Waals surface area (Å²) in [6.07, 6.45) is 10.6. The molecule has 4 rings (SSSR count). The summed E-state index contributed by atoms with van der Waals surface area (Å²) in [5, 5.41) is 31.2. The Kier molecular flexibility index (Phi) is 10.8. The second-order valence-electron chi connectivity index (χ2n) is 14.7. The molecule has 5 unspecified atom stereocenters. The number of rotatable bonds is 12. The van der Waals surface area contributed by atoms with Crippen LogP contribution in [0.15, 0.2) is 0 Å². The van der Waals surface area contributed by atoms with Gasteiger partial charge >= 0.3 is 17.9 Å². The molecule has 0 bridgehead atoms. The molecule has 11 heteroatoms. The van der Waals surface area contributed by atoms with E-state index >= 15 is 0 Å². The highest BCUT2D eigenvalue weighted by atomic mass is 31.2. The number of hydrogen-bond acceptors (Lipinski definition) is 9. The molecule has 4 aliphatic rings. The minimum absolute atomic E-state index is 0.143. The fraction of sp³-hybridized carbons (Fsp3) is 0.875. The lowest BCUT2D eigenvalue weighted by atomic mass is 9.43. The van der Waals surface area contributed by atoms with Crippen molar-refractivity contribution in [1.82, 2.24) is 0 Å². The minimum Gasteiger partial charge on any atom is -0.481 e. The summed E-state index contributed by atoms with van der Waals surface area (Å²) in [5.74, 6) is -0.991. The first kappa shape index (κ1) is 34.4. The van der Waals surface area contributed by atoms with Gasteiger partial charge in [0.25, 0.3) is 0 Å². The van der Waals surface area contributed by atoms with Gasteiger partial charge in [0.2, 0.25) is 6.79 Å². The van der Waals surface area contributed by atoms with Crippen LogP contribution in [0.4, 0.5) is 0 Å². The second-order valence-corrected chi connectivity index (χ2v) is 16.8. The van der Waals surface area contributed by atoms with Crippen molar-refractivity contribution in [3.63, 3.8) is 0 Å². The number of hydrogen-bond donors (Lipinski definition) is 5. The summed E-state index contributed by atoms with van der Waals surface area (Å²) in [4.78, 5) is 54.6. The molecule has 0 aromatic carbocycles. The zero-order valence-corrected chi connectivity index (χ0v) is 26.9. The van der Waals surface area contributed by atoms with Crippen molar-refractivity contribution >= 4 is 31.5 Å². The zero-order valence-electron chi connectivity index (χ0n) is 26.0. The molecule has 0 radical (unpaired) electrons. The van der Waals surface area contributed by atoms with E-state index in [9.17, 15) is 39.5 Å². The molecular weight excluding hydrogens is 575 g/mol. The maximum absolute atomic E-state index is 12.4. The highest BCUT2D eigenvalue weighted by Crippen LogP contribution is 2.68. The van der Waals surface area contributed by atoms with Crippen molar-refractivity contribution in [3.05, 3.63) is 0 Å². The van der Waals surface area contributed by atoms with Gasteiger partial charge < -0.3 is 34.6 Å². The maximum atomic E-state index is 12.4. The molecule has 43 heavy (non-hydrogen) atoms. The lowest BCUT2D eigenvalue weighted by molar-refractivity contribution is -0.175. The molecular formula is C32H53O10P. The van der Waals surface area contributed by atoms with Crippen molar-refractivity contribution < 1.29 is 49.0 Å². The van der Waals surface area contributed by atoms with Gasteiger partial charge in [-0.25, -0.2) is 0 Å². The van der Waals surface area contributed by atoms with Crippen molar-refractivity contribution in [2.45, 2.75) is 110 Å². The van der Waals surface area contributed by atoms with E-state index in [2.05, 4.69) is 27.1 Å². The summed E-state index contributed by atoms with van der Waals surface area (Å²) in [6, 6.07) is 0. The van der Waals surface area contributed by atoms with Gasteiger partial charge in [-0.1, -0.05) is 27.1 Å². The fourth-order valence-electron chi connectivity index (χ4n) is 9.95. The molecule has 0 spiro atoms. The molecule has 0 heterocycles. The lowest BCUT2D eigenvalue weighted by Gasteiger charge is -2.62. The van der Waals surface area contributed by atoms with Gasteiger partial charge in [-0.3, -0.25) is 14.4 Å². The third-order valence-corrected chi connectivity index (χ3v) is 13.3. The monoisotopic (exact) mass is 628 g/mol. The number of fused-ring (bicyclic) bond motifs is 5. The van der Waals surface area contributed by atoms with Crippen LogP contribution in [0.1, 0.15) is 97.8 Å². The largest absolute Gasteiger partial charge is 0.481 e. The van der Waals surface area contributed by atoms with Gasteiger partial charge in [0.15, 0.2) is 0 Å². The third-order valence-electron chi connectivity index (χ3n) is 12.3. The normalized spacial score (nSPS) is 38.6. The van der Waals surface area contributed by atoms with E-state index in [1.807, 2.05) is 0 Å². The molecule has 5 N–H and O–H groups in total. The van der Waals surface area contributed by atoms with Gasteiger partial charge in [-0.15, -0.1) is 0 Å². The van der Waals surface area contributed by atoms with Crippen LogP contribution in [0, 0.1) is 52.3 Å². The smallest absolute Gasteiger partial charge is 0.308 e. The lowest BCUT2D eigenvalue weighted by Crippen LogP contribution is -2.58. The molecule has 0 aromatic heterocycles. The van der Waals surface area contributed by atoms with Crippen molar-refractivity contribution in [2.75, 3.05) is 13.0 Å². The fourth-order valence-corrected chi connectivity index (χ4v) is 11.0. The number of aliphatic hydroxyl groups is 2. The molecule has 0 aliphatic heterocycles. The Morgan fingerprint density at radius 2 is 1.58 bits per heavy atom. The van der Waals surface area contributed by atoms with Crippen molar-refractivity contribution in [2.24, 2.45) is 52.3 Å². The van der Waals surface area contributed by atoms with E-state index in [-0.39, 0.29) is 48.2 Å². The summed E-state index contributed by atoms with van der Waals surface area (Å²) in [7, 11) is -3.55. The molecule has 11 atom stereocenters. The molecule has 4 aliphatic carbocycles. The average Bonchev–Trinajstić information content (AvgIpc) is 3.28. The number of carbonyl (C=O) groups excluding carboxylic acids is 2. The molecule has 0 saturated heterocycles. The number of ether oxygens (including phenoxy) is 2. The van der Waals surface area contributed by atoms with Crippen molar-refractivity contribution in [3.8, 4) is 0 Å². The summed E-state index contributed by atoms with van der Waals surface area (Å²) in [6.45, 7) is 6.30. The first-order valence-corrected chi connectivity index (χ1v) is 18.2. The number of carboxylic acids is 1. The summed E-state index contributed by atoms with van der Waals surface area (Å²) < 4.78 is 10.0. The Morgan fingerprint density at radius 1 is 0.930 bits per heavy atom. The number of carboxylic acid groups (broad SMARTS) is 1. The Labute approximate surface area is 255 Å². The number of carbonyl (C=O) groups is 3. The van der Waals surface area contributed by atoms with Crippen LogP contribution in [0.2, 0.25) is 0 Å². The highest BCUT2D eigenvalue weighted by molar-refractivity contribution is 7.62. The quantitative estimate of drug-likeness (QED) is 0.120. The van der Waals surface area contributed by atoms with E-state index in [4.69, 9.17) is 9.47 Å². The van der Waals surface area contributed by atoms with Crippen LogP contribution in [-0.2, 0) is 23.9 Å². The van der Waals surface area contributed by atoms with Crippen molar-refractivity contribution in [1.29, 1.82) is 0 Å². The van der Waals surface area contributed by atoms with Crippen LogP contribution in [0.25, 0.3) is 0 Å². The van der Waals surface area contributed by atoms with Crippen LogP contribution in [0.3, 0.4) is 0 Å².